The minimum absolute atomic E-state index is 0.0831. The van der Waals surface area contributed by atoms with Gasteiger partial charge < -0.3 is 18.8 Å². The van der Waals surface area contributed by atoms with Crippen LogP contribution in [0.1, 0.15) is 48.2 Å². The maximum atomic E-state index is 13.2. The summed E-state index contributed by atoms with van der Waals surface area (Å²) in [5, 5.41) is 0.802. The third-order valence-corrected chi connectivity index (χ3v) is 5.74. The molecule has 3 aromatic rings. The first-order valence-electron chi connectivity index (χ1n) is 10.7. The molecule has 1 heterocycles. The van der Waals surface area contributed by atoms with Crippen molar-refractivity contribution < 1.29 is 23.5 Å². The van der Waals surface area contributed by atoms with Crippen molar-refractivity contribution >= 4 is 28.5 Å². The van der Waals surface area contributed by atoms with E-state index in [0.29, 0.717) is 11.1 Å². The number of benzene rings is 2. The number of furan rings is 1. The number of esters is 1. The van der Waals surface area contributed by atoms with Crippen LogP contribution in [0.2, 0.25) is 0 Å². The van der Waals surface area contributed by atoms with Crippen molar-refractivity contribution in [2.75, 3.05) is 18.6 Å². The van der Waals surface area contributed by atoms with Gasteiger partial charge in [0.05, 0.1) is 6.61 Å². The number of hydrogen-bond donors (Lipinski definition) is 0. The number of nitrogens with zero attached hydrogens (tertiary/aromatic N) is 1. The monoisotopic (exact) mass is 421 g/mol. The van der Waals surface area contributed by atoms with Crippen molar-refractivity contribution in [3.8, 4) is 0 Å². The van der Waals surface area contributed by atoms with E-state index in [9.17, 15) is 9.59 Å². The first-order valence-corrected chi connectivity index (χ1v) is 10.7. The van der Waals surface area contributed by atoms with Gasteiger partial charge in [0.1, 0.15) is 5.58 Å². The number of fused-ring (bicyclic) bond motifs is 1. The van der Waals surface area contributed by atoms with E-state index in [1.54, 1.807) is 18.1 Å². The number of amides is 1. The van der Waals surface area contributed by atoms with Gasteiger partial charge in [-0.1, -0.05) is 55.7 Å². The van der Waals surface area contributed by atoms with E-state index in [2.05, 4.69) is 0 Å². The molecule has 0 saturated heterocycles. The Morgan fingerprint density at radius 3 is 2.45 bits per heavy atom. The Labute approximate surface area is 181 Å². The average molecular weight is 421 g/mol. The molecule has 2 aromatic carbocycles. The molecule has 0 bridgehead atoms. The van der Waals surface area contributed by atoms with Crippen LogP contribution in [0, 0.1) is 0 Å². The fraction of sp³-hybridized carbons (Fsp3) is 0.360. The number of rotatable bonds is 7. The summed E-state index contributed by atoms with van der Waals surface area (Å²) in [5.74, 6) is -0.802. The molecule has 1 saturated carbocycles. The molecule has 6 nitrogen and oxygen atoms in total. The molecule has 1 aromatic heterocycles. The first kappa shape index (κ1) is 21.1. The van der Waals surface area contributed by atoms with E-state index < -0.39 is 5.97 Å². The number of anilines is 1. The number of para-hydroxylation sites is 2. The highest BCUT2D eigenvalue weighted by atomic mass is 16.5. The molecule has 1 aliphatic rings. The predicted octanol–water partition coefficient (Wildman–Crippen LogP) is 5.10. The molecular formula is C25H27NO5. The molecule has 0 atom stereocenters. The third-order valence-electron chi connectivity index (χ3n) is 5.74. The lowest BCUT2D eigenvalue weighted by Gasteiger charge is -2.34. The lowest BCUT2D eigenvalue weighted by atomic mass is 9.93. The predicted molar refractivity (Wildman–Crippen MR) is 118 cm³/mol. The van der Waals surface area contributed by atoms with Gasteiger partial charge in [-0.15, -0.1) is 0 Å². The maximum Gasteiger partial charge on any atom is 0.375 e. The standard InChI is InChI=1S/C25H27NO5/c1-29-16-21-20-14-8-9-15-22(20)31-24(21)25(28)30-17-23(27)26(18-10-4-2-5-11-18)19-12-6-3-7-13-19/h2,4-5,8-11,14-15,19H,3,6-7,12-13,16-17H2,1H3. The quantitative estimate of drug-likeness (QED) is 0.496. The van der Waals surface area contributed by atoms with Gasteiger partial charge in [-0.2, -0.15) is 0 Å². The summed E-state index contributed by atoms with van der Waals surface area (Å²) >= 11 is 0. The van der Waals surface area contributed by atoms with Gasteiger partial charge in [-0.05, 0) is 31.0 Å². The Morgan fingerprint density at radius 2 is 1.71 bits per heavy atom. The molecule has 1 amide bonds. The summed E-state index contributed by atoms with van der Waals surface area (Å²) in [6, 6.07) is 17.1. The summed E-state index contributed by atoms with van der Waals surface area (Å²) in [4.78, 5) is 27.8. The second-order valence-electron chi connectivity index (χ2n) is 7.81. The van der Waals surface area contributed by atoms with Crippen molar-refractivity contribution in [1.82, 2.24) is 0 Å². The van der Waals surface area contributed by atoms with Crippen molar-refractivity contribution in [3.63, 3.8) is 0 Å². The van der Waals surface area contributed by atoms with Crippen LogP contribution >= 0.6 is 0 Å². The Hall–Kier alpha value is -3.12. The van der Waals surface area contributed by atoms with Gasteiger partial charge in [0, 0.05) is 29.8 Å². The molecule has 0 spiro atoms. The van der Waals surface area contributed by atoms with Gasteiger partial charge in [0.15, 0.2) is 6.61 Å². The number of hydrogen-bond acceptors (Lipinski definition) is 5. The molecule has 1 fully saturated rings. The summed E-state index contributed by atoms with van der Waals surface area (Å²) in [7, 11) is 1.56. The summed E-state index contributed by atoms with van der Waals surface area (Å²) < 4.78 is 16.4. The van der Waals surface area contributed by atoms with Crippen molar-refractivity contribution in [3.05, 3.63) is 65.9 Å². The molecule has 6 heteroatoms. The number of carbonyl (C=O) groups is 2. The minimum atomic E-state index is -0.659. The molecule has 1 aliphatic carbocycles. The van der Waals surface area contributed by atoms with Crippen LogP contribution in [0.5, 0.6) is 0 Å². The largest absolute Gasteiger partial charge is 0.450 e. The normalized spacial score (nSPS) is 14.5. The maximum absolute atomic E-state index is 13.2. The Morgan fingerprint density at radius 1 is 1.00 bits per heavy atom. The van der Waals surface area contributed by atoms with Crippen molar-refractivity contribution in [2.24, 2.45) is 0 Å². The van der Waals surface area contributed by atoms with Crippen LogP contribution in [0.3, 0.4) is 0 Å². The highest BCUT2D eigenvalue weighted by molar-refractivity contribution is 5.99. The highest BCUT2D eigenvalue weighted by Gasteiger charge is 2.29. The Bertz CT molecular complexity index is 1040. The molecule has 4 rings (SSSR count). The zero-order valence-electron chi connectivity index (χ0n) is 17.7. The van der Waals surface area contributed by atoms with Gasteiger partial charge in [-0.3, -0.25) is 4.79 Å². The second kappa shape index (κ2) is 9.79. The van der Waals surface area contributed by atoms with Crippen LogP contribution in [0.15, 0.2) is 59.0 Å². The van der Waals surface area contributed by atoms with Crippen molar-refractivity contribution in [2.45, 2.75) is 44.8 Å². The fourth-order valence-corrected chi connectivity index (χ4v) is 4.30. The van der Waals surface area contributed by atoms with Crippen LogP contribution in [0.25, 0.3) is 11.0 Å². The van der Waals surface area contributed by atoms with Gasteiger partial charge in [-0.25, -0.2) is 4.79 Å². The number of ether oxygens (including phenoxy) is 2. The number of carbonyl (C=O) groups excluding carboxylic acids is 2. The van der Waals surface area contributed by atoms with E-state index in [1.165, 1.54) is 6.42 Å². The molecular weight excluding hydrogens is 394 g/mol. The third kappa shape index (κ3) is 4.64. The highest BCUT2D eigenvalue weighted by Crippen LogP contribution is 2.29. The summed E-state index contributed by atoms with van der Waals surface area (Å²) in [6.07, 6.45) is 5.30. The van der Waals surface area contributed by atoms with E-state index in [-0.39, 0.29) is 30.9 Å². The molecule has 162 valence electrons. The second-order valence-corrected chi connectivity index (χ2v) is 7.81. The summed E-state index contributed by atoms with van der Waals surface area (Å²) in [5.41, 5.74) is 2.04. The van der Waals surface area contributed by atoms with Crippen LogP contribution < -0.4 is 4.90 Å². The topological polar surface area (TPSA) is 69.0 Å². The lowest BCUT2D eigenvalue weighted by Crippen LogP contribution is -2.43. The Balaban J connectivity index is 1.52. The van der Waals surface area contributed by atoms with E-state index in [1.807, 2.05) is 48.5 Å². The number of methoxy groups -OCH3 is 1. The van der Waals surface area contributed by atoms with E-state index >= 15 is 0 Å². The van der Waals surface area contributed by atoms with Crippen LogP contribution in [-0.4, -0.2) is 31.6 Å². The minimum Gasteiger partial charge on any atom is -0.450 e. The average Bonchev–Trinajstić information content (AvgIpc) is 3.18. The lowest BCUT2D eigenvalue weighted by molar-refractivity contribution is -0.122. The van der Waals surface area contributed by atoms with Crippen LogP contribution in [-0.2, 0) is 20.9 Å². The molecule has 0 aliphatic heterocycles. The zero-order chi connectivity index (χ0) is 21.6. The molecule has 0 radical (unpaired) electrons. The van der Waals surface area contributed by atoms with Gasteiger partial charge in [0.2, 0.25) is 5.76 Å². The molecule has 0 N–H and O–H groups in total. The van der Waals surface area contributed by atoms with Gasteiger partial charge >= 0.3 is 5.97 Å². The van der Waals surface area contributed by atoms with E-state index in [0.717, 1.165) is 36.8 Å². The Kier molecular flexibility index (Phi) is 6.67. The van der Waals surface area contributed by atoms with Crippen molar-refractivity contribution in [1.29, 1.82) is 0 Å². The van der Waals surface area contributed by atoms with Gasteiger partial charge in [0.25, 0.3) is 5.91 Å². The van der Waals surface area contributed by atoms with E-state index in [4.69, 9.17) is 13.9 Å². The molecule has 0 unspecified atom stereocenters. The zero-order valence-corrected chi connectivity index (χ0v) is 17.7. The SMILES string of the molecule is COCc1c(C(=O)OCC(=O)N(c2ccccc2)C2CCCCC2)oc2ccccc12. The fourth-order valence-electron chi connectivity index (χ4n) is 4.30. The first-order chi connectivity index (χ1) is 15.2. The smallest absolute Gasteiger partial charge is 0.375 e. The van der Waals surface area contributed by atoms with Crippen LogP contribution in [0.4, 0.5) is 5.69 Å². The summed E-state index contributed by atoms with van der Waals surface area (Å²) in [6.45, 7) is -0.124. The molecule has 31 heavy (non-hydrogen) atoms.